The van der Waals surface area contributed by atoms with E-state index in [1.165, 1.54) is 205 Å². The van der Waals surface area contributed by atoms with Crippen LogP contribution in [-0.2, 0) is 4.79 Å². The maximum absolute atomic E-state index is 12.5. The fraction of sp³-hybridized carbons (Fsp3) is 0.900. The first-order valence-corrected chi connectivity index (χ1v) is 24.6. The number of hydrogen-bond acceptors (Lipinski definition) is 4. The van der Waals surface area contributed by atoms with Gasteiger partial charge in [-0.25, -0.2) is 0 Å². The summed E-state index contributed by atoms with van der Waals surface area (Å²) in [7, 11) is 0. The molecule has 1 amide bonds. The zero-order chi connectivity index (χ0) is 40.1. The number of hydrogen-bond donors (Lipinski definition) is 4. The number of amides is 1. The fourth-order valence-electron chi connectivity index (χ4n) is 7.71. The molecule has 55 heavy (non-hydrogen) atoms. The molecule has 0 saturated carbocycles. The van der Waals surface area contributed by atoms with Gasteiger partial charge >= 0.3 is 0 Å². The second-order valence-electron chi connectivity index (χ2n) is 17.1. The number of nitrogens with one attached hydrogen (secondary N) is 1. The number of carbonyl (C=O) groups is 1. The third-order valence-corrected chi connectivity index (χ3v) is 11.5. The lowest BCUT2D eigenvalue weighted by atomic mass is 10.0. The molecule has 3 atom stereocenters. The molecule has 0 aliphatic carbocycles. The number of rotatable bonds is 45. The molecule has 0 saturated heterocycles. The molecule has 0 aromatic rings. The lowest BCUT2D eigenvalue weighted by Crippen LogP contribution is -2.45. The molecule has 0 fully saturated rings. The number of aliphatic hydroxyl groups is 3. The Labute approximate surface area is 343 Å². The van der Waals surface area contributed by atoms with E-state index in [2.05, 4.69) is 31.3 Å². The van der Waals surface area contributed by atoms with E-state index in [1.54, 1.807) is 6.08 Å². The zero-order valence-electron chi connectivity index (χ0n) is 37.1. The predicted molar refractivity (Wildman–Crippen MR) is 241 cm³/mol. The summed E-state index contributed by atoms with van der Waals surface area (Å²) < 4.78 is 0. The van der Waals surface area contributed by atoms with Crippen molar-refractivity contribution in [3.05, 3.63) is 24.3 Å². The Hall–Kier alpha value is -1.17. The van der Waals surface area contributed by atoms with E-state index in [0.29, 0.717) is 6.42 Å². The average molecular weight is 776 g/mol. The molecule has 0 spiro atoms. The molecule has 0 aromatic carbocycles. The quantitative estimate of drug-likeness (QED) is 0.0366. The highest BCUT2D eigenvalue weighted by Crippen LogP contribution is 2.17. The van der Waals surface area contributed by atoms with Gasteiger partial charge in [-0.2, -0.15) is 0 Å². The molecular weight excluding hydrogens is 679 g/mol. The number of carbonyl (C=O) groups excluding carboxylic acids is 1. The summed E-state index contributed by atoms with van der Waals surface area (Å²) >= 11 is 0. The van der Waals surface area contributed by atoms with Crippen LogP contribution in [0.1, 0.15) is 264 Å². The molecule has 5 heteroatoms. The Morgan fingerprint density at radius 3 is 1.16 bits per heavy atom. The van der Waals surface area contributed by atoms with Crippen LogP contribution in [-0.4, -0.2) is 46.1 Å². The summed E-state index contributed by atoms with van der Waals surface area (Å²) in [6, 6.07) is -0.758. The van der Waals surface area contributed by atoms with Crippen LogP contribution in [0, 0.1) is 0 Å². The van der Waals surface area contributed by atoms with E-state index in [-0.39, 0.29) is 18.9 Å². The molecule has 0 bridgehead atoms. The summed E-state index contributed by atoms with van der Waals surface area (Å²) in [4.78, 5) is 12.5. The number of aliphatic hydroxyl groups excluding tert-OH is 3. The van der Waals surface area contributed by atoms with Crippen molar-refractivity contribution in [1.29, 1.82) is 0 Å². The van der Waals surface area contributed by atoms with Crippen molar-refractivity contribution in [1.82, 2.24) is 5.32 Å². The van der Waals surface area contributed by atoms with E-state index in [0.717, 1.165) is 32.1 Å². The average Bonchev–Trinajstić information content (AvgIpc) is 3.18. The minimum absolute atomic E-state index is 0.0100. The Morgan fingerprint density at radius 2 is 0.782 bits per heavy atom. The summed E-state index contributed by atoms with van der Waals surface area (Å²) in [5.41, 5.74) is 0. The maximum Gasteiger partial charge on any atom is 0.222 e. The van der Waals surface area contributed by atoms with Gasteiger partial charge < -0.3 is 20.6 Å². The molecule has 0 aliphatic rings. The fourth-order valence-corrected chi connectivity index (χ4v) is 7.71. The second-order valence-corrected chi connectivity index (χ2v) is 17.1. The summed E-state index contributed by atoms with van der Waals surface area (Å²) in [6.07, 6.45) is 56.2. The van der Waals surface area contributed by atoms with Gasteiger partial charge in [-0.15, -0.1) is 0 Å². The van der Waals surface area contributed by atoms with Crippen LogP contribution in [0.4, 0.5) is 0 Å². The van der Waals surface area contributed by atoms with E-state index < -0.39 is 18.2 Å². The van der Waals surface area contributed by atoms with Crippen LogP contribution in [0.15, 0.2) is 24.3 Å². The summed E-state index contributed by atoms with van der Waals surface area (Å²) in [5.74, 6) is -0.321. The summed E-state index contributed by atoms with van der Waals surface area (Å²) in [6.45, 7) is 4.23. The van der Waals surface area contributed by atoms with Gasteiger partial charge in [0.1, 0.15) is 0 Å². The van der Waals surface area contributed by atoms with Gasteiger partial charge in [0.25, 0.3) is 0 Å². The normalized spacial score (nSPS) is 13.6. The van der Waals surface area contributed by atoms with E-state index in [4.69, 9.17) is 0 Å². The van der Waals surface area contributed by atoms with Crippen LogP contribution >= 0.6 is 0 Å². The minimum atomic E-state index is -0.949. The van der Waals surface area contributed by atoms with E-state index in [9.17, 15) is 20.1 Å². The first kappa shape index (κ1) is 53.8. The first-order valence-electron chi connectivity index (χ1n) is 24.6. The molecule has 0 rings (SSSR count). The highest BCUT2D eigenvalue weighted by molar-refractivity contribution is 5.76. The minimum Gasteiger partial charge on any atom is -0.394 e. The third-order valence-electron chi connectivity index (χ3n) is 11.5. The van der Waals surface area contributed by atoms with Gasteiger partial charge in [0.15, 0.2) is 0 Å². The highest BCUT2D eigenvalue weighted by atomic mass is 16.3. The van der Waals surface area contributed by atoms with Crippen LogP contribution < -0.4 is 5.32 Å². The molecule has 0 aromatic heterocycles. The van der Waals surface area contributed by atoms with Gasteiger partial charge in [0.05, 0.1) is 31.3 Å². The molecule has 3 unspecified atom stereocenters. The van der Waals surface area contributed by atoms with Gasteiger partial charge in [-0.05, 0) is 32.1 Å². The van der Waals surface area contributed by atoms with Crippen LogP contribution in [0.25, 0.3) is 0 Å². The Kier molecular flexibility index (Phi) is 44.6. The molecule has 0 heterocycles. The third kappa shape index (κ3) is 42.3. The van der Waals surface area contributed by atoms with Crippen molar-refractivity contribution in [2.24, 2.45) is 0 Å². The predicted octanol–water partition coefficient (Wildman–Crippen LogP) is 14.6. The molecule has 0 radical (unpaired) electrons. The lowest BCUT2D eigenvalue weighted by Gasteiger charge is -2.21. The van der Waals surface area contributed by atoms with Crippen molar-refractivity contribution in [3.8, 4) is 0 Å². The molecule has 0 aliphatic heterocycles. The molecule has 4 N–H and O–H groups in total. The van der Waals surface area contributed by atoms with Crippen molar-refractivity contribution in [2.45, 2.75) is 283 Å². The van der Waals surface area contributed by atoms with Gasteiger partial charge in [-0.1, -0.05) is 250 Å². The Morgan fingerprint density at radius 1 is 0.455 bits per heavy atom. The molecule has 5 nitrogen and oxygen atoms in total. The maximum atomic E-state index is 12.5. The smallest absolute Gasteiger partial charge is 0.222 e. The number of allylic oxidation sites excluding steroid dienone is 3. The lowest BCUT2D eigenvalue weighted by molar-refractivity contribution is -0.124. The van der Waals surface area contributed by atoms with Crippen LogP contribution in [0.5, 0.6) is 0 Å². The monoisotopic (exact) mass is 776 g/mol. The van der Waals surface area contributed by atoms with Crippen LogP contribution in [0.3, 0.4) is 0 Å². The zero-order valence-corrected chi connectivity index (χ0v) is 37.1. The Bertz CT molecular complexity index is 814. The topological polar surface area (TPSA) is 89.8 Å². The van der Waals surface area contributed by atoms with E-state index in [1.807, 2.05) is 6.08 Å². The number of unbranched alkanes of at least 4 members (excludes halogenated alkanes) is 34. The van der Waals surface area contributed by atoms with Gasteiger partial charge in [-0.3, -0.25) is 4.79 Å². The van der Waals surface area contributed by atoms with Crippen molar-refractivity contribution in [2.75, 3.05) is 6.61 Å². The standard InChI is InChI=1S/C50H97NO4/c1-3-5-7-9-11-13-15-17-19-21-23-24-25-26-28-30-32-34-36-38-40-42-44-49(54)48(46-52)51-50(55)45-47(53)43-41-39-37-35-33-31-29-27-22-20-18-16-14-12-10-8-6-4-2/h34,36,42,44,47-49,52-54H,3-33,35,37-41,43,45-46H2,1-2H3,(H,51,55)/b36-34+,44-42+. The molecule has 326 valence electrons. The van der Waals surface area contributed by atoms with Crippen molar-refractivity contribution in [3.63, 3.8) is 0 Å². The van der Waals surface area contributed by atoms with Gasteiger partial charge in [0, 0.05) is 0 Å². The largest absolute Gasteiger partial charge is 0.394 e. The highest BCUT2D eigenvalue weighted by Gasteiger charge is 2.20. The van der Waals surface area contributed by atoms with Gasteiger partial charge in [0.2, 0.25) is 5.91 Å². The second kappa shape index (κ2) is 45.5. The van der Waals surface area contributed by atoms with Crippen LogP contribution in [0.2, 0.25) is 0 Å². The first-order chi connectivity index (χ1) is 27.0. The van der Waals surface area contributed by atoms with Crippen molar-refractivity contribution < 1.29 is 20.1 Å². The Balaban J connectivity index is 3.64. The van der Waals surface area contributed by atoms with E-state index >= 15 is 0 Å². The summed E-state index contributed by atoms with van der Waals surface area (Å²) in [5, 5.41) is 33.3. The molecular formula is C50H97NO4. The van der Waals surface area contributed by atoms with Crippen molar-refractivity contribution >= 4 is 5.91 Å². The SMILES string of the molecule is CCCCCCCCCCCCCCCCCC/C=C/CC/C=C/C(O)C(CO)NC(=O)CC(O)CCCCCCCCCCCCCCCCCCCC.